The molecule has 0 spiro atoms. The Labute approximate surface area is 100 Å². The molecule has 0 aromatic rings. The van der Waals surface area contributed by atoms with E-state index in [2.05, 4.69) is 26.7 Å². The smallest absolute Gasteiger partial charge is 0.136 e. The predicted molar refractivity (Wildman–Crippen MR) is 68.0 cm³/mol. The van der Waals surface area contributed by atoms with Crippen LogP contribution in [0, 0.1) is 29.6 Å². The van der Waals surface area contributed by atoms with Gasteiger partial charge in [0.2, 0.25) is 0 Å². The van der Waals surface area contributed by atoms with Crippen LogP contribution >= 0.6 is 0 Å². The summed E-state index contributed by atoms with van der Waals surface area (Å²) < 4.78 is 0. The van der Waals surface area contributed by atoms with Crippen molar-refractivity contribution in [3.05, 3.63) is 0 Å². The molecule has 1 fully saturated rings. The van der Waals surface area contributed by atoms with Crippen LogP contribution in [0.1, 0.15) is 59.3 Å². The number of unbranched alkanes of at least 4 members (excludes halogenated alkanes) is 1. The lowest BCUT2D eigenvalue weighted by molar-refractivity contribution is -0.130. The average molecular weight is 220 g/mol. The Bertz CT molecular complexity index is 282. The van der Waals surface area contributed by atoms with Crippen molar-refractivity contribution in [1.29, 1.82) is 0 Å². The third-order valence-electron chi connectivity index (χ3n) is 3.97. The first-order valence-electron chi connectivity index (χ1n) is 6.43. The average Bonchev–Trinajstić information content (AvgIpc) is 2.17. The van der Waals surface area contributed by atoms with Crippen molar-refractivity contribution < 1.29 is 4.79 Å². The molecule has 16 heavy (non-hydrogen) atoms. The zero-order chi connectivity index (χ0) is 12.2. The van der Waals surface area contributed by atoms with Crippen LogP contribution in [0.15, 0.2) is 0 Å². The lowest BCUT2D eigenvalue weighted by Gasteiger charge is -2.37. The molecule has 0 radical (unpaired) electrons. The van der Waals surface area contributed by atoms with E-state index in [0.717, 1.165) is 32.1 Å². The molecule has 2 atom stereocenters. The first kappa shape index (κ1) is 13.3. The molecule has 1 heteroatoms. The van der Waals surface area contributed by atoms with Crippen LogP contribution in [0.25, 0.3) is 0 Å². The Morgan fingerprint density at radius 2 is 2.12 bits per heavy atom. The van der Waals surface area contributed by atoms with E-state index in [4.69, 9.17) is 6.42 Å². The largest absolute Gasteiger partial charge is 0.299 e. The van der Waals surface area contributed by atoms with Crippen LogP contribution in [0.2, 0.25) is 0 Å². The monoisotopic (exact) mass is 220 g/mol. The summed E-state index contributed by atoms with van der Waals surface area (Å²) in [5, 5.41) is 0. The van der Waals surface area contributed by atoms with Crippen LogP contribution in [-0.2, 0) is 4.79 Å². The summed E-state index contributed by atoms with van der Waals surface area (Å²) in [6.07, 6.45) is 11.3. The number of terminal acetylenes is 1. The Balaban J connectivity index is 2.54. The summed E-state index contributed by atoms with van der Waals surface area (Å²) in [7, 11) is 0. The lowest BCUT2D eigenvalue weighted by atomic mass is 9.66. The van der Waals surface area contributed by atoms with Gasteiger partial charge in [-0.3, -0.25) is 4.79 Å². The number of hydrogen-bond acceptors (Lipinski definition) is 1. The van der Waals surface area contributed by atoms with Crippen molar-refractivity contribution in [2.45, 2.75) is 59.3 Å². The normalized spacial score (nSPS) is 26.5. The topological polar surface area (TPSA) is 17.1 Å². The second kappa shape index (κ2) is 5.53. The summed E-state index contributed by atoms with van der Waals surface area (Å²) in [5.74, 6) is 4.01. The summed E-state index contributed by atoms with van der Waals surface area (Å²) >= 11 is 0. The summed E-state index contributed by atoms with van der Waals surface area (Å²) in [6, 6.07) is 0. The van der Waals surface area contributed by atoms with Crippen molar-refractivity contribution >= 4 is 5.78 Å². The van der Waals surface area contributed by atoms with Crippen LogP contribution in [0.5, 0.6) is 0 Å². The van der Waals surface area contributed by atoms with E-state index in [9.17, 15) is 4.79 Å². The molecule has 90 valence electrons. The molecule has 0 bridgehead atoms. The molecule has 1 nitrogen and oxygen atoms in total. The van der Waals surface area contributed by atoms with E-state index in [1.54, 1.807) is 0 Å². The fourth-order valence-corrected chi connectivity index (χ4v) is 2.85. The van der Waals surface area contributed by atoms with Gasteiger partial charge in [0.1, 0.15) is 5.78 Å². The van der Waals surface area contributed by atoms with Crippen LogP contribution < -0.4 is 0 Å². The second-order valence-corrected chi connectivity index (χ2v) is 5.95. The number of rotatable bonds is 4. The quantitative estimate of drug-likeness (QED) is 0.520. The van der Waals surface area contributed by atoms with Crippen molar-refractivity contribution in [3.63, 3.8) is 0 Å². The molecule has 1 aliphatic rings. The molecule has 1 saturated carbocycles. The van der Waals surface area contributed by atoms with Gasteiger partial charge in [0, 0.05) is 18.8 Å². The highest BCUT2D eigenvalue weighted by Crippen LogP contribution is 2.40. The third kappa shape index (κ3) is 3.37. The van der Waals surface area contributed by atoms with Gasteiger partial charge in [0.05, 0.1) is 0 Å². The Hall–Kier alpha value is -0.770. The van der Waals surface area contributed by atoms with E-state index in [-0.39, 0.29) is 11.3 Å². The first-order valence-corrected chi connectivity index (χ1v) is 6.43. The van der Waals surface area contributed by atoms with E-state index in [1.165, 1.54) is 6.42 Å². The molecular weight excluding hydrogens is 196 g/mol. The van der Waals surface area contributed by atoms with E-state index >= 15 is 0 Å². The summed E-state index contributed by atoms with van der Waals surface area (Å²) in [5.41, 5.74) is 0.133. The molecule has 1 aliphatic carbocycles. The SMILES string of the molecule is C#CCCCC(C)(C)C1CCC(C)CC1=O. The molecule has 0 N–H and O–H groups in total. The molecule has 2 unspecified atom stereocenters. The van der Waals surface area contributed by atoms with Crippen LogP contribution in [0.4, 0.5) is 0 Å². The summed E-state index contributed by atoms with van der Waals surface area (Å²) in [6.45, 7) is 6.63. The summed E-state index contributed by atoms with van der Waals surface area (Å²) in [4.78, 5) is 12.0. The maximum atomic E-state index is 12.0. The Morgan fingerprint density at radius 3 is 2.69 bits per heavy atom. The first-order chi connectivity index (χ1) is 7.47. The highest BCUT2D eigenvalue weighted by molar-refractivity contribution is 5.82. The van der Waals surface area contributed by atoms with Gasteiger partial charge in [-0.15, -0.1) is 12.3 Å². The molecule has 0 aromatic carbocycles. The van der Waals surface area contributed by atoms with Crippen molar-refractivity contribution in [2.75, 3.05) is 0 Å². The fourth-order valence-electron chi connectivity index (χ4n) is 2.85. The minimum atomic E-state index is 0.133. The van der Waals surface area contributed by atoms with Gasteiger partial charge in [-0.2, -0.15) is 0 Å². The van der Waals surface area contributed by atoms with Crippen molar-refractivity contribution in [3.8, 4) is 12.3 Å². The number of hydrogen-bond donors (Lipinski definition) is 0. The van der Waals surface area contributed by atoms with Crippen molar-refractivity contribution in [2.24, 2.45) is 17.3 Å². The lowest BCUT2D eigenvalue weighted by Crippen LogP contribution is -2.35. The van der Waals surface area contributed by atoms with Gasteiger partial charge in [0.15, 0.2) is 0 Å². The maximum Gasteiger partial charge on any atom is 0.136 e. The van der Waals surface area contributed by atoms with Gasteiger partial charge in [0.25, 0.3) is 0 Å². The van der Waals surface area contributed by atoms with Gasteiger partial charge in [-0.05, 0) is 37.0 Å². The van der Waals surface area contributed by atoms with Crippen molar-refractivity contribution in [1.82, 2.24) is 0 Å². The van der Waals surface area contributed by atoms with E-state index < -0.39 is 0 Å². The Kier molecular flexibility index (Phi) is 4.59. The minimum Gasteiger partial charge on any atom is -0.299 e. The van der Waals surface area contributed by atoms with Crippen LogP contribution in [-0.4, -0.2) is 5.78 Å². The zero-order valence-electron chi connectivity index (χ0n) is 10.9. The fraction of sp³-hybridized carbons (Fsp3) is 0.800. The van der Waals surface area contributed by atoms with Gasteiger partial charge in [-0.1, -0.05) is 20.8 Å². The highest BCUT2D eigenvalue weighted by Gasteiger charge is 2.37. The van der Waals surface area contributed by atoms with Gasteiger partial charge < -0.3 is 0 Å². The molecule has 0 aromatic heterocycles. The molecule has 0 saturated heterocycles. The van der Waals surface area contributed by atoms with Gasteiger partial charge >= 0.3 is 0 Å². The standard InChI is InChI=1S/C15H24O/c1-5-6-7-10-15(3,4)13-9-8-12(2)11-14(13)16/h1,12-13H,6-11H2,2-4H3. The number of Topliss-reactive ketones (excluding diaryl/α,β-unsaturated/α-hetero) is 1. The minimum absolute atomic E-state index is 0.133. The third-order valence-corrected chi connectivity index (χ3v) is 3.97. The van der Waals surface area contributed by atoms with E-state index in [1.807, 2.05) is 0 Å². The molecular formula is C15H24O. The highest BCUT2D eigenvalue weighted by atomic mass is 16.1. The zero-order valence-corrected chi connectivity index (χ0v) is 10.9. The number of carbonyl (C=O) groups is 1. The second-order valence-electron chi connectivity index (χ2n) is 5.95. The molecule has 0 aliphatic heterocycles. The molecule has 0 heterocycles. The number of carbonyl (C=O) groups excluding carboxylic acids is 1. The molecule has 0 amide bonds. The van der Waals surface area contributed by atoms with Crippen LogP contribution in [0.3, 0.4) is 0 Å². The van der Waals surface area contributed by atoms with E-state index in [0.29, 0.717) is 11.7 Å². The maximum absolute atomic E-state index is 12.0. The number of ketones is 1. The molecule has 1 rings (SSSR count). The van der Waals surface area contributed by atoms with Gasteiger partial charge in [-0.25, -0.2) is 0 Å². The predicted octanol–water partition coefficient (Wildman–Crippen LogP) is 3.82. The Morgan fingerprint density at radius 1 is 1.44 bits per heavy atom.